The third kappa shape index (κ3) is 3.25. The number of aliphatic hydroxyl groups is 1. The molecule has 1 rings (SSSR count). The van der Waals surface area contributed by atoms with Crippen molar-refractivity contribution in [2.45, 2.75) is 38.8 Å². The number of nitrogens with one attached hydrogen (secondary N) is 2. The van der Waals surface area contributed by atoms with Gasteiger partial charge in [0, 0.05) is 12.6 Å². The lowest BCUT2D eigenvalue weighted by Gasteiger charge is -2.31. The fourth-order valence-electron chi connectivity index (χ4n) is 2.02. The highest BCUT2D eigenvalue weighted by molar-refractivity contribution is 4.82. The maximum Gasteiger partial charge on any atom is 0.0730 e. The van der Waals surface area contributed by atoms with E-state index in [0.29, 0.717) is 5.92 Å². The van der Waals surface area contributed by atoms with Gasteiger partial charge in [-0.2, -0.15) is 0 Å². The van der Waals surface area contributed by atoms with Crippen LogP contribution < -0.4 is 10.6 Å². The van der Waals surface area contributed by atoms with E-state index in [2.05, 4.69) is 24.5 Å². The zero-order valence-electron chi connectivity index (χ0n) is 8.71. The van der Waals surface area contributed by atoms with E-state index < -0.39 is 0 Å². The van der Waals surface area contributed by atoms with Crippen LogP contribution in [0, 0.1) is 5.92 Å². The van der Waals surface area contributed by atoms with Crippen molar-refractivity contribution in [3.05, 3.63) is 0 Å². The van der Waals surface area contributed by atoms with Crippen LogP contribution in [0.5, 0.6) is 0 Å². The van der Waals surface area contributed by atoms with Gasteiger partial charge >= 0.3 is 0 Å². The van der Waals surface area contributed by atoms with Gasteiger partial charge in [0.05, 0.1) is 6.10 Å². The van der Waals surface area contributed by atoms with Gasteiger partial charge in [0.15, 0.2) is 0 Å². The number of aliphatic hydroxyl groups excluding tert-OH is 1. The van der Waals surface area contributed by atoms with Gasteiger partial charge in [-0.1, -0.05) is 6.92 Å². The second-order valence-electron chi connectivity index (χ2n) is 3.94. The lowest BCUT2D eigenvalue weighted by Crippen LogP contribution is -2.46. The van der Waals surface area contributed by atoms with Crippen molar-refractivity contribution in [2.75, 3.05) is 19.6 Å². The average molecular weight is 186 g/mol. The Labute approximate surface area is 80.9 Å². The summed E-state index contributed by atoms with van der Waals surface area (Å²) in [6.45, 7) is 7.14. The maximum absolute atomic E-state index is 9.97. The van der Waals surface area contributed by atoms with E-state index in [9.17, 15) is 5.11 Å². The minimum Gasteiger partial charge on any atom is -0.391 e. The summed E-state index contributed by atoms with van der Waals surface area (Å²) in [5.41, 5.74) is 0. The molecule has 3 atom stereocenters. The molecule has 1 saturated heterocycles. The fraction of sp³-hybridized carbons (Fsp3) is 1.00. The smallest absolute Gasteiger partial charge is 0.0730 e. The quantitative estimate of drug-likeness (QED) is 0.593. The third-order valence-corrected chi connectivity index (χ3v) is 2.86. The average Bonchev–Trinajstić information content (AvgIpc) is 2.18. The Morgan fingerprint density at radius 2 is 2.38 bits per heavy atom. The van der Waals surface area contributed by atoms with Gasteiger partial charge in [0.1, 0.15) is 0 Å². The summed E-state index contributed by atoms with van der Waals surface area (Å²) in [4.78, 5) is 0. The summed E-state index contributed by atoms with van der Waals surface area (Å²) in [5, 5.41) is 16.6. The van der Waals surface area contributed by atoms with Crippen molar-refractivity contribution >= 4 is 0 Å². The number of piperidine rings is 1. The molecule has 3 nitrogen and oxygen atoms in total. The molecule has 0 radical (unpaired) electrons. The zero-order chi connectivity index (χ0) is 9.68. The summed E-state index contributed by atoms with van der Waals surface area (Å²) in [6.07, 6.45) is 2.15. The Hall–Kier alpha value is -0.120. The number of rotatable bonds is 4. The summed E-state index contributed by atoms with van der Waals surface area (Å²) in [5.74, 6) is 0.433. The second kappa shape index (κ2) is 5.58. The van der Waals surface area contributed by atoms with Crippen molar-refractivity contribution in [1.82, 2.24) is 10.6 Å². The van der Waals surface area contributed by atoms with Crippen LogP contribution in [0.4, 0.5) is 0 Å². The van der Waals surface area contributed by atoms with Crippen molar-refractivity contribution in [2.24, 2.45) is 5.92 Å². The molecule has 0 bridgehead atoms. The SMILES string of the molecule is CCNC(C)C(O)C1CCCNC1. The Balaban J connectivity index is 2.31. The number of likely N-dealkylation sites (N-methyl/N-ethyl adjacent to an activating group) is 1. The first-order valence-electron chi connectivity index (χ1n) is 5.38. The molecular formula is C10H22N2O. The Morgan fingerprint density at radius 1 is 1.62 bits per heavy atom. The van der Waals surface area contributed by atoms with Gasteiger partial charge < -0.3 is 15.7 Å². The molecule has 0 aromatic carbocycles. The van der Waals surface area contributed by atoms with Crippen LogP contribution in [0.3, 0.4) is 0 Å². The first-order valence-corrected chi connectivity index (χ1v) is 5.38. The Bertz CT molecular complexity index is 135. The predicted octanol–water partition coefficient (Wildman–Crippen LogP) is 0.345. The van der Waals surface area contributed by atoms with Crippen LogP contribution in [0.15, 0.2) is 0 Å². The third-order valence-electron chi connectivity index (χ3n) is 2.86. The van der Waals surface area contributed by atoms with Crippen molar-refractivity contribution < 1.29 is 5.11 Å². The molecule has 0 saturated carbocycles. The highest BCUT2D eigenvalue weighted by Gasteiger charge is 2.25. The van der Waals surface area contributed by atoms with Crippen LogP contribution in [-0.4, -0.2) is 36.9 Å². The van der Waals surface area contributed by atoms with E-state index in [4.69, 9.17) is 0 Å². The van der Waals surface area contributed by atoms with E-state index in [1.807, 2.05) is 0 Å². The van der Waals surface area contributed by atoms with E-state index in [1.54, 1.807) is 0 Å². The molecule has 0 amide bonds. The van der Waals surface area contributed by atoms with Crippen molar-refractivity contribution in [1.29, 1.82) is 0 Å². The van der Waals surface area contributed by atoms with Crippen LogP contribution >= 0.6 is 0 Å². The largest absolute Gasteiger partial charge is 0.391 e. The fourth-order valence-corrected chi connectivity index (χ4v) is 2.02. The second-order valence-corrected chi connectivity index (χ2v) is 3.94. The molecule has 1 aliphatic heterocycles. The summed E-state index contributed by atoms with van der Waals surface area (Å²) < 4.78 is 0. The van der Waals surface area contributed by atoms with E-state index in [-0.39, 0.29) is 12.1 Å². The standard InChI is InChI=1S/C10H22N2O/c1-3-12-8(2)10(13)9-5-4-6-11-7-9/h8-13H,3-7H2,1-2H3. The molecule has 78 valence electrons. The normalized spacial score (nSPS) is 28.4. The minimum absolute atomic E-state index is 0.201. The first-order chi connectivity index (χ1) is 6.25. The molecule has 1 heterocycles. The summed E-state index contributed by atoms with van der Waals surface area (Å²) in [7, 11) is 0. The minimum atomic E-state index is -0.201. The van der Waals surface area contributed by atoms with Crippen LogP contribution in [0.2, 0.25) is 0 Å². The highest BCUT2D eigenvalue weighted by Crippen LogP contribution is 2.16. The molecule has 3 heteroatoms. The topological polar surface area (TPSA) is 44.3 Å². The van der Waals surface area contributed by atoms with Gasteiger partial charge in [-0.05, 0) is 38.8 Å². The van der Waals surface area contributed by atoms with Gasteiger partial charge in [-0.3, -0.25) is 0 Å². The van der Waals surface area contributed by atoms with Crippen LogP contribution in [0.25, 0.3) is 0 Å². The van der Waals surface area contributed by atoms with Crippen LogP contribution in [-0.2, 0) is 0 Å². The van der Waals surface area contributed by atoms with Gasteiger partial charge in [0.25, 0.3) is 0 Å². The van der Waals surface area contributed by atoms with E-state index in [1.165, 1.54) is 6.42 Å². The molecule has 3 N–H and O–H groups in total. The first kappa shape index (κ1) is 11.0. The van der Waals surface area contributed by atoms with Gasteiger partial charge in [-0.15, -0.1) is 0 Å². The van der Waals surface area contributed by atoms with Gasteiger partial charge in [0.2, 0.25) is 0 Å². The molecule has 0 aromatic heterocycles. The van der Waals surface area contributed by atoms with Crippen LogP contribution in [0.1, 0.15) is 26.7 Å². The van der Waals surface area contributed by atoms with Crippen molar-refractivity contribution in [3.63, 3.8) is 0 Å². The summed E-state index contributed by atoms with van der Waals surface area (Å²) in [6, 6.07) is 0.217. The Kier molecular flexibility index (Phi) is 4.70. The molecule has 0 aliphatic carbocycles. The Morgan fingerprint density at radius 3 is 2.92 bits per heavy atom. The molecule has 3 unspecified atom stereocenters. The predicted molar refractivity (Wildman–Crippen MR) is 54.7 cm³/mol. The maximum atomic E-state index is 9.97. The molecule has 1 aliphatic rings. The summed E-state index contributed by atoms with van der Waals surface area (Å²) >= 11 is 0. The lowest BCUT2D eigenvalue weighted by atomic mass is 9.90. The number of hydrogen-bond donors (Lipinski definition) is 3. The van der Waals surface area contributed by atoms with E-state index >= 15 is 0 Å². The van der Waals surface area contributed by atoms with Crippen molar-refractivity contribution in [3.8, 4) is 0 Å². The highest BCUT2D eigenvalue weighted by atomic mass is 16.3. The lowest BCUT2D eigenvalue weighted by molar-refractivity contribution is 0.0624. The molecular weight excluding hydrogens is 164 g/mol. The molecule has 1 fully saturated rings. The zero-order valence-corrected chi connectivity index (χ0v) is 8.71. The monoisotopic (exact) mass is 186 g/mol. The number of hydrogen-bond acceptors (Lipinski definition) is 3. The molecule has 0 spiro atoms. The molecule has 0 aromatic rings. The van der Waals surface area contributed by atoms with Gasteiger partial charge in [-0.25, -0.2) is 0 Å². The van der Waals surface area contributed by atoms with E-state index in [0.717, 1.165) is 26.1 Å². The molecule has 13 heavy (non-hydrogen) atoms.